The second kappa shape index (κ2) is 7.96. The van der Waals surface area contributed by atoms with Crippen LogP contribution in [0.1, 0.15) is 17.8 Å². The van der Waals surface area contributed by atoms with Crippen LogP contribution in [0.2, 0.25) is 0 Å². The van der Waals surface area contributed by atoms with Crippen LogP contribution in [-0.2, 0) is 19.4 Å². The van der Waals surface area contributed by atoms with Crippen molar-refractivity contribution < 1.29 is 28.4 Å². The Balaban J connectivity index is 1.92. The van der Waals surface area contributed by atoms with Crippen LogP contribution in [-0.4, -0.2) is 53.4 Å². The molecule has 0 bridgehead atoms. The van der Waals surface area contributed by atoms with Crippen molar-refractivity contribution >= 4 is 15.7 Å². The minimum absolute atomic E-state index is 0.0749. The summed E-state index contributed by atoms with van der Waals surface area (Å²) < 4.78 is 31.3. The van der Waals surface area contributed by atoms with Crippen molar-refractivity contribution in [2.75, 3.05) is 13.2 Å². The van der Waals surface area contributed by atoms with Gasteiger partial charge < -0.3 is 4.74 Å². The third-order valence-corrected chi connectivity index (χ3v) is 7.09. The molecule has 2 aromatic rings. The lowest BCUT2D eigenvalue weighted by atomic mass is 10.0. The molecule has 9 heteroatoms. The van der Waals surface area contributed by atoms with Gasteiger partial charge in [0.15, 0.2) is 9.84 Å². The van der Waals surface area contributed by atoms with Gasteiger partial charge in [0.25, 0.3) is 5.91 Å². The second-order valence-electron chi connectivity index (χ2n) is 6.84. The lowest BCUT2D eigenvalue weighted by Crippen LogP contribution is -2.46. The number of amides is 1. The van der Waals surface area contributed by atoms with E-state index in [4.69, 9.17) is 15.2 Å². The molecule has 0 aliphatic carbocycles. The van der Waals surface area contributed by atoms with Gasteiger partial charge in [0.1, 0.15) is 0 Å². The van der Waals surface area contributed by atoms with Gasteiger partial charge >= 0.3 is 0 Å². The van der Waals surface area contributed by atoms with Crippen LogP contribution in [0.4, 0.5) is 0 Å². The Morgan fingerprint density at radius 3 is 2.29 bits per heavy atom. The summed E-state index contributed by atoms with van der Waals surface area (Å²) in [5.74, 6) is -2.29. The number of aryl methyl sites for hydroxylation is 2. The van der Waals surface area contributed by atoms with E-state index in [1.165, 1.54) is 12.1 Å². The number of hydroxylamine groups is 2. The Labute approximate surface area is 163 Å². The summed E-state index contributed by atoms with van der Waals surface area (Å²) in [4.78, 5) is 16.4. The normalized spacial score (nSPS) is 20.0. The number of carbonyl (C=O) groups is 1. The standard InChI is InChI=1S/C19H22N2O6S/c1-12-9-15(10-13(2)20-12)14-3-5-16(6-4-14)28(25,26)18-7-8-27-11-17(18)19(22)21(23)24/h3-6,9-10,17-18,23-24H,7-8,11H2,1-2H3. The molecule has 2 unspecified atom stereocenters. The highest BCUT2D eigenvalue weighted by Crippen LogP contribution is 2.30. The van der Waals surface area contributed by atoms with Gasteiger partial charge in [-0.3, -0.25) is 20.2 Å². The van der Waals surface area contributed by atoms with Gasteiger partial charge in [0, 0.05) is 18.0 Å². The Morgan fingerprint density at radius 2 is 1.71 bits per heavy atom. The van der Waals surface area contributed by atoms with Gasteiger partial charge in [0.2, 0.25) is 0 Å². The van der Waals surface area contributed by atoms with Gasteiger partial charge in [-0.15, -0.1) is 0 Å². The third-order valence-electron chi connectivity index (χ3n) is 4.80. The van der Waals surface area contributed by atoms with Gasteiger partial charge in [-0.1, -0.05) is 17.4 Å². The fraction of sp³-hybridized carbons (Fsp3) is 0.368. The molecule has 2 atom stereocenters. The minimum atomic E-state index is -3.87. The topological polar surface area (TPSA) is 117 Å². The SMILES string of the molecule is Cc1cc(-c2ccc(S(=O)(=O)C3CCOCC3C(=O)N(O)O)cc2)cc(C)n1. The van der Waals surface area contributed by atoms with E-state index in [9.17, 15) is 13.2 Å². The summed E-state index contributed by atoms with van der Waals surface area (Å²) in [7, 11) is -3.87. The van der Waals surface area contributed by atoms with Crippen molar-refractivity contribution in [3.8, 4) is 11.1 Å². The highest BCUT2D eigenvalue weighted by atomic mass is 32.2. The first kappa shape index (κ1) is 20.4. The second-order valence-corrected chi connectivity index (χ2v) is 9.01. The summed E-state index contributed by atoms with van der Waals surface area (Å²) in [6.45, 7) is 3.78. The fourth-order valence-electron chi connectivity index (χ4n) is 3.48. The maximum atomic E-state index is 13.1. The number of pyridine rings is 1. The molecule has 1 aliphatic heterocycles. The molecule has 0 radical (unpaired) electrons. The average molecular weight is 406 g/mol. The maximum Gasteiger partial charge on any atom is 0.279 e. The number of ether oxygens (including phenoxy) is 1. The minimum Gasteiger partial charge on any atom is -0.381 e. The van der Waals surface area contributed by atoms with Crippen molar-refractivity contribution in [3.63, 3.8) is 0 Å². The Morgan fingerprint density at radius 1 is 1.11 bits per heavy atom. The van der Waals surface area contributed by atoms with Crippen molar-refractivity contribution in [2.24, 2.45) is 5.92 Å². The van der Waals surface area contributed by atoms with Gasteiger partial charge in [-0.25, -0.2) is 8.42 Å². The van der Waals surface area contributed by atoms with E-state index in [1.54, 1.807) is 12.1 Å². The first-order valence-electron chi connectivity index (χ1n) is 8.79. The van der Waals surface area contributed by atoms with E-state index in [0.717, 1.165) is 22.5 Å². The van der Waals surface area contributed by atoms with Crippen LogP contribution in [0.15, 0.2) is 41.3 Å². The zero-order valence-electron chi connectivity index (χ0n) is 15.6. The van der Waals surface area contributed by atoms with E-state index in [0.29, 0.717) is 0 Å². The predicted octanol–water partition coefficient (Wildman–Crippen LogP) is 2.15. The van der Waals surface area contributed by atoms with Gasteiger partial charge in [0.05, 0.1) is 22.7 Å². The fourth-order valence-corrected chi connectivity index (χ4v) is 5.38. The third kappa shape index (κ3) is 4.07. The number of nitrogens with zero attached hydrogens (tertiary/aromatic N) is 2. The molecule has 1 amide bonds. The van der Waals surface area contributed by atoms with Crippen molar-refractivity contribution in [1.82, 2.24) is 10.2 Å². The van der Waals surface area contributed by atoms with Crippen LogP contribution >= 0.6 is 0 Å². The van der Waals surface area contributed by atoms with Crippen LogP contribution in [0.5, 0.6) is 0 Å². The molecule has 2 heterocycles. The van der Waals surface area contributed by atoms with Gasteiger partial charge in [-0.05, 0) is 55.7 Å². The van der Waals surface area contributed by atoms with Crippen molar-refractivity contribution in [3.05, 3.63) is 47.8 Å². The van der Waals surface area contributed by atoms with Crippen LogP contribution < -0.4 is 0 Å². The quantitative estimate of drug-likeness (QED) is 0.590. The lowest BCUT2D eigenvalue weighted by molar-refractivity contribution is -0.289. The van der Waals surface area contributed by atoms with Crippen molar-refractivity contribution in [2.45, 2.75) is 30.4 Å². The summed E-state index contributed by atoms with van der Waals surface area (Å²) in [5, 5.41) is 16.4. The Kier molecular flexibility index (Phi) is 5.80. The Hall–Kier alpha value is -2.33. The van der Waals surface area contributed by atoms with Crippen LogP contribution in [0.3, 0.4) is 0 Å². The number of benzene rings is 1. The molecule has 1 aromatic heterocycles. The molecule has 1 fully saturated rings. The highest BCUT2D eigenvalue weighted by Gasteiger charge is 2.42. The molecule has 28 heavy (non-hydrogen) atoms. The molecule has 3 rings (SSSR count). The van der Waals surface area contributed by atoms with Crippen molar-refractivity contribution in [1.29, 1.82) is 0 Å². The highest BCUT2D eigenvalue weighted by molar-refractivity contribution is 7.92. The number of sulfone groups is 1. The molecule has 0 saturated carbocycles. The monoisotopic (exact) mass is 406 g/mol. The number of hydrogen-bond donors (Lipinski definition) is 2. The van der Waals surface area contributed by atoms with E-state index in [1.807, 2.05) is 26.0 Å². The molecule has 0 spiro atoms. The van der Waals surface area contributed by atoms with Crippen LogP contribution in [0, 0.1) is 19.8 Å². The van der Waals surface area contributed by atoms with Gasteiger partial charge in [-0.2, -0.15) is 0 Å². The van der Waals surface area contributed by atoms with E-state index < -0.39 is 32.1 Å². The summed E-state index contributed by atoms with van der Waals surface area (Å²) in [5.41, 5.74) is 3.52. The van der Waals surface area contributed by atoms with E-state index in [2.05, 4.69) is 4.98 Å². The molecule has 1 saturated heterocycles. The number of aromatic nitrogens is 1. The molecule has 2 N–H and O–H groups in total. The lowest BCUT2D eigenvalue weighted by Gasteiger charge is -2.30. The Bertz CT molecular complexity index is 952. The summed E-state index contributed by atoms with van der Waals surface area (Å²) in [6, 6.07) is 10.3. The smallest absolute Gasteiger partial charge is 0.279 e. The van der Waals surface area contributed by atoms with E-state index >= 15 is 0 Å². The van der Waals surface area contributed by atoms with E-state index in [-0.39, 0.29) is 24.5 Å². The first-order chi connectivity index (χ1) is 13.2. The average Bonchev–Trinajstić information content (AvgIpc) is 2.66. The van der Waals surface area contributed by atoms with Crippen LogP contribution in [0.25, 0.3) is 11.1 Å². The summed E-state index contributed by atoms with van der Waals surface area (Å²) >= 11 is 0. The maximum absolute atomic E-state index is 13.1. The molecule has 150 valence electrons. The largest absolute Gasteiger partial charge is 0.381 e. The molecule has 8 nitrogen and oxygen atoms in total. The molecular formula is C19H22N2O6S. The molecular weight excluding hydrogens is 384 g/mol. The summed E-state index contributed by atoms with van der Waals surface area (Å²) in [6.07, 6.45) is 0.0943. The zero-order chi connectivity index (χ0) is 20.5. The number of carbonyl (C=O) groups excluding carboxylic acids is 1. The first-order valence-corrected chi connectivity index (χ1v) is 10.3. The zero-order valence-corrected chi connectivity index (χ0v) is 16.4. The number of hydrogen-bond acceptors (Lipinski definition) is 7. The number of rotatable bonds is 4. The predicted molar refractivity (Wildman–Crippen MR) is 99.5 cm³/mol. The molecule has 1 aliphatic rings. The molecule has 1 aromatic carbocycles.